The molecule has 20 heteroatoms. The summed E-state index contributed by atoms with van der Waals surface area (Å²) < 4.78 is 36.5. The molecule has 2 bridgehead atoms. The predicted octanol–water partition coefficient (Wildman–Crippen LogP) is 8.28. The Morgan fingerprint density at radius 2 is 1.60 bits per heavy atom. The number of alkyl carbamates (subject to hydrolysis) is 1. The second-order valence-corrected chi connectivity index (χ2v) is 24.2. The van der Waals surface area contributed by atoms with Crippen molar-refractivity contribution in [2.24, 2.45) is 35.5 Å². The van der Waals surface area contributed by atoms with Crippen LogP contribution in [0.5, 0.6) is 5.75 Å². The number of nitrogens with one attached hydrogen (secondary N) is 1. The molecule has 4 aliphatic heterocycles. The first kappa shape index (κ1) is 64.2. The summed E-state index contributed by atoms with van der Waals surface area (Å²) in [5.41, 5.74) is 2.34. The summed E-state index contributed by atoms with van der Waals surface area (Å²) in [6, 6.07) is 12.2. The largest absolute Gasteiger partial charge is 0.507 e. The maximum Gasteiger partial charge on any atom is 0.407 e. The van der Waals surface area contributed by atoms with E-state index in [9.17, 15) is 59.1 Å². The van der Waals surface area contributed by atoms with E-state index in [1.54, 1.807) is 51.1 Å². The Hall–Kier alpha value is -6.81. The van der Waals surface area contributed by atoms with Gasteiger partial charge in [0.05, 0.1) is 48.7 Å². The number of fused-ring (bicyclic) bond motifs is 5. The van der Waals surface area contributed by atoms with E-state index in [0.717, 1.165) is 10.5 Å². The Balaban J connectivity index is 1.08. The third-order valence-corrected chi connectivity index (χ3v) is 18.0. The highest BCUT2D eigenvalue weighted by Gasteiger charge is 2.57. The van der Waals surface area contributed by atoms with E-state index in [1.165, 1.54) is 44.6 Å². The van der Waals surface area contributed by atoms with Gasteiger partial charge in [-0.2, -0.15) is 0 Å². The van der Waals surface area contributed by atoms with Crippen LogP contribution in [0.25, 0.3) is 33.4 Å². The number of nitrogens with zero attached hydrogens (tertiary/aromatic N) is 1. The van der Waals surface area contributed by atoms with Crippen molar-refractivity contribution in [3.05, 3.63) is 99.2 Å². The summed E-state index contributed by atoms with van der Waals surface area (Å²) in [6.07, 6.45) is 0.864. The van der Waals surface area contributed by atoms with Crippen LogP contribution in [0.1, 0.15) is 128 Å². The number of carbonyl (C=O) groups is 6. The van der Waals surface area contributed by atoms with Gasteiger partial charge in [-0.15, -0.1) is 0 Å². The number of phenolic OH excluding ortho intramolecular Hbond substituents is 1. The zero-order valence-corrected chi connectivity index (χ0v) is 49.7. The van der Waals surface area contributed by atoms with Crippen LogP contribution in [-0.4, -0.2) is 142 Å². The molecule has 2 aromatic carbocycles. The minimum atomic E-state index is -2.61. The van der Waals surface area contributed by atoms with Crippen molar-refractivity contribution in [3.8, 4) is 28.2 Å². The number of phenols is 1. The highest BCUT2D eigenvalue weighted by atomic mass is 16.7. The molecule has 6 aliphatic rings. The van der Waals surface area contributed by atoms with Gasteiger partial charge in [-0.25, -0.2) is 14.4 Å². The highest BCUT2D eigenvalue weighted by Crippen LogP contribution is 2.44. The van der Waals surface area contributed by atoms with Gasteiger partial charge in [0.1, 0.15) is 41.1 Å². The van der Waals surface area contributed by atoms with Crippen molar-refractivity contribution in [1.82, 2.24) is 10.2 Å². The first-order valence-electron chi connectivity index (χ1n) is 29.6. The first-order chi connectivity index (χ1) is 40.4. The third-order valence-electron chi connectivity index (χ3n) is 18.0. The molecule has 2 saturated heterocycles. The molecule has 20 nitrogen and oxygen atoms in total. The number of piperidine rings is 1. The second-order valence-electron chi connectivity index (χ2n) is 24.2. The Morgan fingerprint density at radius 3 is 2.32 bits per heavy atom. The molecule has 14 atom stereocenters. The summed E-state index contributed by atoms with van der Waals surface area (Å²) in [4.78, 5) is 98.1. The average molecular weight is 1180 g/mol. The number of hydrogen-bond acceptors (Lipinski definition) is 17. The number of Topliss-reactive ketones (excluding diaryl/α,β-unsaturated/α-hetero) is 2. The van der Waals surface area contributed by atoms with Crippen molar-refractivity contribution in [2.75, 3.05) is 27.4 Å². The molecule has 1 saturated carbocycles. The fourth-order valence-electron chi connectivity index (χ4n) is 13.1. The molecular formula is C65H82N2O18. The Kier molecular flexibility index (Phi) is 20.9. The third kappa shape index (κ3) is 14.4. The van der Waals surface area contributed by atoms with E-state index in [4.69, 9.17) is 28.1 Å². The summed E-state index contributed by atoms with van der Waals surface area (Å²) in [7, 11) is 2.96. The van der Waals surface area contributed by atoms with E-state index in [1.807, 2.05) is 26.8 Å². The van der Waals surface area contributed by atoms with Gasteiger partial charge in [0, 0.05) is 67.5 Å². The van der Waals surface area contributed by atoms with Gasteiger partial charge >= 0.3 is 18.0 Å². The van der Waals surface area contributed by atoms with Crippen molar-refractivity contribution in [1.29, 1.82) is 0 Å². The van der Waals surface area contributed by atoms with Crippen LogP contribution in [0, 0.1) is 35.5 Å². The summed E-state index contributed by atoms with van der Waals surface area (Å²) >= 11 is 0. The number of amides is 2. The molecule has 4 heterocycles. The van der Waals surface area contributed by atoms with E-state index >= 15 is 0 Å². The molecule has 2 aromatic rings. The number of carboxylic acids is 1. The second kappa shape index (κ2) is 27.7. The number of cyclic esters (lactones) is 1. The standard InChI is InChI=1S/C65H82N2O18/c1-34-25-35(2)27-54(80-7)59-55(81-8)30-38(5)65(79,85-59)60(73)61(74)67-23-12-11-15-48(67)63(77)84-57(37(4)29-40-16-20-49(69)36(3)28-40)39(6)51(71)32-52(72)41(26-34)22-24-82-64(78)66-33-47-50(70)21-19-46-56(43-13-9-10-14-44(43)62(75)76)45-18-17-42(68)31-53(45)83-58(46)47/h9-10,13-14,17-19,21,26,29,31,35-36,38-41,48-49,51,54-55,57,59,69-71,79H,11-12,15-16,20,22-25,27-28,30,32-33H2,1-8H3,(H,66,78)(H,75,76)/b34-26+,37-29+/t35-,36?,38?,39+,40?,41+,48?,49+,51?,54-,55?,57+,59?,65?/m0/s1. The quantitative estimate of drug-likeness (QED) is 0.0356. The van der Waals surface area contributed by atoms with E-state index in [0.29, 0.717) is 72.6 Å². The van der Waals surface area contributed by atoms with Gasteiger partial charge in [-0.3, -0.25) is 19.2 Å². The topological polar surface area (TPSA) is 295 Å². The molecule has 2 amide bonds. The van der Waals surface area contributed by atoms with Crippen molar-refractivity contribution >= 4 is 46.5 Å². The minimum Gasteiger partial charge on any atom is -0.507 e. The lowest BCUT2D eigenvalue weighted by Crippen LogP contribution is -2.64. The number of rotatable bonds is 11. The monoisotopic (exact) mass is 1180 g/mol. The van der Waals surface area contributed by atoms with E-state index in [2.05, 4.69) is 5.32 Å². The van der Waals surface area contributed by atoms with Gasteiger partial charge in [0.2, 0.25) is 5.79 Å². The fourth-order valence-corrected chi connectivity index (χ4v) is 13.1. The summed E-state index contributed by atoms with van der Waals surface area (Å²) in [5, 5.41) is 59.4. The molecule has 0 aromatic heterocycles. The van der Waals surface area contributed by atoms with E-state index in [-0.39, 0.29) is 90.4 Å². The molecule has 3 fully saturated rings. The number of ketones is 2. The number of carboxylic acid groups (broad SMARTS) is 1. The Morgan fingerprint density at radius 1 is 0.871 bits per heavy atom. The first-order valence-corrected chi connectivity index (χ1v) is 29.6. The predicted molar refractivity (Wildman–Crippen MR) is 312 cm³/mol. The van der Waals surface area contributed by atoms with Crippen molar-refractivity contribution in [3.63, 3.8) is 0 Å². The zero-order chi connectivity index (χ0) is 61.6. The molecular weight excluding hydrogens is 1100 g/mol. The molecule has 460 valence electrons. The zero-order valence-electron chi connectivity index (χ0n) is 49.7. The van der Waals surface area contributed by atoms with Crippen LogP contribution >= 0.6 is 0 Å². The molecule has 0 spiro atoms. The van der Waals surface area contributed by atoms with Crippen LogP contribution < -0.4 is 10.7 Å². The number of aliphatic hydroxyl groups is 3. The van der Waals surface area contributed by atoms with Crippen LogP contribution in [-0.2, 0) is 49.4 Å². The highest BCUT2D eigenvalue weighted by molar-refractivity contribution is 6.39. The van der Waals surface area contributed by atoms with Gasteiger partial charge in [0.25, 0.3) is 11.7 Å². The molecule has 6 N–H and O–H groups in total. The lowest BCUT2D eigenvalue weighted by atomic mass is 9.78. The normalized spacial score (nSPS) is 31.3. The van der Waals surface area contributed by atoms with Gasteiger partial charge in [-0.1, -0.05) is 63.6 Å². The van der Waals surface area contributed by atoms with E-state index < -0.39 is 108 Å². The van der Waals surface area contributed by atoms with Crippen LogP contribution in [0.3, 0.4) is 0 Å². The van der Waals surface area contributed by atoms with Crippen LogP contribution in [0.2, 0.25) is 0 Å². The SMILES string of the molecule is COC1CC(C)C2(O)OC1[C@@H](OC)C[C@@H](C)C/C(C)=C/[C@@H](CCOC(=O)NCc1c(O)ccc3c(-c4ccccc4C(=O)O)c4ccc(=O)cc-4oc13)C(=O)CC(O)[C@@H](C)[C@@H](/C(C)=C/C1CC[C@@H](O)C(C)C1)OC(=O)C1CCCCN1C(=O)C2=O. The lowest BCUT2D eigenvalue weighted by molar-refractivity contribution is -0.302. The maximum absolute atomic E-state index is 14.7. The molecule has 85 heavy (non-hydrogen) atoms. The number of aliphatic hydroxyl groups excluding tert-OH is 2. The van der Waals surface area contributed by atoms with Crippen molar-refractivity contribution in [2.45, 2.75) is 167 Å². The van der Waals surface area contributed by atoms with Crippen LogP contribution in [0.15, 0.2) is 87.1 Å². The number of esters is 1. The Bertz CT molecular complexity index is 3200. The fraction of sp³-hybridized carbons (Fsp3) is 0.554. The van der Waals surface area contributed by atoms with Gasteiger partial charge < -0.3 is 63.9 Å². The number of carbonyl (C=O) groups excluding carboxylic acids is 5. The summed E-state index contributed by atoms with van der Waals surface area (Å²) in [5.74, 6) is -10.4. The number of benzene rings is 3. The smallest absolute Gasteiger partial charge is 0.407 e. The number of allylic oxidation sites excluding steroid dienone is 3. The number of methoxy groups -OCH3 is 2. The lowest BCUT2D eigenvalue weighted by Gasteiger charge is -2.47. The maximum atomic E-state index is 14.7. The molecule has 2 aliphatic carbocycles. The molecule has 8 unspecified atom stereocenters. The average Bonchev–Trinajstić information content (AvgIpc) is 1.48. The number of aromatic carboxylic acids is 1. The number of hydrogen-bond donors (Lipinski definition) is 6. The number of ether oxygens (including phenoxy) is 5. The van der Waals surface area contributed by atoms with Crippen molar-refractivity contribution < 1.29 is 82.4 Å². The molecule has 8 rings (SSSR count). The summed E-state index contributed by atoms with van der Waals surface area (Å²) in [6.45, 7) is 10.2. The van der Waals surface area contributed by atoms with Gasteiger partial charge in [0.15, 0.2) is 5.43 Å². The molecule has 0 radical (unpaired) electrons. The Labute approximate surface area is 494 Å². The minimum absolute atomic E-state index is 0.00256. The number of aromatic hydroxyl groups is 1. The van der Waals surface area contributed by atoms with Gasteiger partial charge in [-0.05, 0) is 137 Å². The van der Waals surface area contributed by atoms with Crippen LogP contribution in [0.4, 0.5) is 4.79 Å².